The summed E-state index contributed by atoms with van der Waals surface area (Å²) in [5.41, 5.74) is 0.819. The fraction of sp³-hybridized carbons (Fsp3) is 0.333. The van der Waals surface area contributed by atoms with E-state index in [9.17, 15) is 5.11 Å². The lowest BCUT2D eigenvalue weighted by Crippen LogP contribution is -1.91. The topological polar surface area (TPSA) is 29.5 Å². The van der Waals surface area contributed by atoms with E-state index in [1.165, 1.54) is 0 Å². The van der Waals surface area contributed by atoms with Gasteiger partial charge in [-0.25, -0.2) is 0 Å². The van der Waals surface area contributed by atoms with Crippen molar-refractivity contribution in [2.75, 3.05) is 6.61 Å². The summed E-state index contributed by atoms with van der Waals surface area (Å²) in [6, 6.07) is 5.39. The third-order valence-electron chi connectivity index (χ3n) is 1.51. The minimum absolute atomic E-state index is 0.276. The molecule has 0 fully saturated rings. The van der Waals surface area contributed by atoms with Crippen molar-refractivity contribution in [2.24, 2.45) is 0 Å². The number of halogens is 1. The molecule has 0 saturated heterocycles. The standard InChI is InChI=1S/C9H11BrO2/c1-2-12-6-7-3-4-8(10)5-9(7)11/h3-5,11H,2,6H2,1H3. The molecule has 0 spiro atoms. The lowest BCUT2D eigenvalue weighted by atomic mass is 10.2. The lowest BCUT2D eigenvalue weighted by Gasteiger charge is -2.04. The van der Waals surface area contributed by atoms with E-state index in [0.717, 1.165) is 10.0 Å². The fourth-order valence-electron chi connectivity index (χ4n) is 0.871. The van der Waals surface area contributed by atoms with Gasteiger partial charge in [-0.2, -0.15) is 0 Å². The average molecular weight is 231 g/mol. The van der Waals surface area contributed by atoms with E-state index in [1.807, 2.05) is 19.1 Å². The highest BCUT2D eigenvalue weighted by Crippen LogP contribution is 2.22. The summed E-state index contributed by atoms with van der Waals surface area (Å²) >= 11 is 3.26. The minimum Gasteiger partial charge on any atom is -0.508 e. The molecule has 0 aromatic heterocycles. The normalized spacial score (nSPS) is 10.2. The van der Waals surface area contributed by atoms with Crippen molar-refractivity contribution in [1.82, 2.24) is 0 Å². The van der Waals surface area contributed by atoms with E-state index in [1.54, 1.807) is 6.07 Å². The summed E-state index contributed by atoms with van der Waals surface area (Å²) in [5.74, 6) is 0.276. The molecule has 0 bridgehead atoms. The van der Waals surface area contributed by atoms with Crippen LogP contribution in [-0.2, 0) is 11.3 Å². The van der Waals surface area contributed by atoms with Crippen LogP contribution in [0.3, 0.4) is 0 Å². The van der Waals surface area contributed by atoms with Crippen molar-refractivity contribution in [1.29, 1.82) is 0 Å². The molecule has 0 radical (unpaired) electrons. The number of ether oxygens (including phenoxy) is 1. The molecule has 1 N–H and O–H groups in total. The zero-order chi connectivity index (χ0) is 8.97. The molecule has 0 aliphatic heterocycles. The van der Waals surface area contributed by atoms with Crippen LogP contribution in [0.15, 0.2) is 22.7 Å². The van der Waals surface area contributed by atoms with Crippen LogP contribution >= 0.6 is 15.9 Å². The second-order valence-corrected chi connectivity index (χ2v) is 3.33. The van der Waals surface area contributed by atoms with Gasteiger partial charge in [-0.05, 0) is 19.1 Å². The zero-order valence-electron chi connectivity index (χ0n) is 6.88. The fourth-order valence-corrected chi connectivity index (χ4v) is 1.22. The van der Waals surface area contributed by atoms with Crippen molar-refractivity contribution < 1.29 is 9.84 Å². The molecule has 0 aliphatic rings. The second-order valence-electron chi connectivity index (χ2n) is 2.41. The van der Waals surface area contributed by atoms with Crippen LogP contribution in [0.5, 0.6) is 5.75 Å². The summed E-state index contributed by atoms with van der Waals surface area (Å²) < 4.78 is 6.04. The maximum Gasteiger partial charge on any atom is 0.122 e. The molecule has 0 aliphatic carbocycles. The third kappa shape index (κ3) is 2.50. The van der Waals surface area contributed by atoms with Gasteiger partial charge in [-0.3, -0.25) is 0 Å². The maximum absolute atomic E-state index is 9.41. The van der Waals surface area contributed by atoms with E-state index < -0.39 is 0 Å². The van der Waals surface area contributed by atoms with E-state index in [2.05, 4.69) is 15.9 Å². The van der Waals surface area contributed by atoms with Crippen LogP contribution in [0.25, 0.3) is 0 Å². The van der Waals surface area contributed by atoms with Gasteiger partial charge in [0.1, 0.15) is 5.75 Å². The molecule has 0 heterocycles. The predicted octanol–water partition coefficient (Wildman–Crippen LogP) is 2.69. The highest BCUT2D eigenvalue weighted by molar-refractivity contribution is 9.10. The van der Waals surface area contributed by atoms with Gasteiger partial charge >= 0.3 is 0 Å². The van der Waals surface area contributed by atoms with Crippen molar-refractivity contribution in [3.05, 3.63) is 28.2 Å². The first kappa shape index (κ1) is 9.55. The molecule has 66 valence electrons. The van der Waals surface area contributed by atoms with Gasteiger partial charge < -0.3 is 9.84 Å². The summed E-state index contributed by atoms with van der Waals surface area (Å²) in [5, 5.41) is 9.41. The van der Waals surface area contributed by atoms with Crippen LogP contribution in [0.1, 0.15) is 12.5 Å². The number of aromatic hydroxyl groups is 1. The van der Waals surface area contributed by atoms with Crippen molar-refractivity contribution in [3.8, 4) is 5.75 Å². The minimum atomic E-state index is 0.276. The SMILES string of the molecule is CCOCc1ccc(Br)cc1O. The Hall–Kier alpha value is -0.540. The number of rotatable bonds is 3. The summed E-state index contributed by atoms with van der Waals surface area (Å²) in [6.07, 6.45) is 0. The molecule has 3 heteroatoms. The molecule has 0 atom stereocenters. The van der Waals surface area contributed by atoms with Gasteiger partial charge in [0, 0.05) is 16.6 Å². The van der Waals surface area contributed by atoms with Gasteiger partial charge in [0.2, 0.25) is 0 Å². The molecular weight excluding hydrogens is 220 g/mol. The number of phenolic OH excluding ortho intramolecular Hbond substituents is 1. The Labute approximate surface area is 80.3 Å². The summed E-state index contributed by atoms with van der Waals surface area (Å²) in [7, 11) is 0. The van der Waals surface area contributed by atoms with Gasteiger partial charge in [0.15, 0.2) is 0 Å². The zero-order valence-corrected chi connectivity index (χ0v) is 8.47. The number of hydrogen-bond acceptors (Lipinski definition) is 2. The molecule has 0 saturated carbocycles. The maximum atomic E-state index is 9.41. The van der Waals surface area contributed by atoms with Gasteiger partial charge in [-0.15, -0.1) is 0 Å². The third-order valence-corrected chi connectivity index (χ3v) is 2.00. The Morgan fingerprint density at radius 1 is 1.50 bits per heavy atom. The Morgan fingerprint density at radius 3 is 2.83 bits per heavy atom. The molecule has 2 nitrogen and oxygen atoms in total. The molecule has 1 aromatic carbocycles. The van der Waals surface area contributed by atoms with Crippen molar-refractivity contribution in [3.63, 3.8) is 0 Å². The van der Waals surface area contributed by atoms with E-state index in [0.29, 0.717) is 13.2 Å². The summed E-state index contributed by atoms with van der Waals surface area (Å²) in [6.45, 7) is 3.06. The molecule has 1 aromatic rings. The molecular formula is C9H11BrO2. The lowest BCUT2D eigenvalue weighted by molar-refractivity contribution is 0.132. The molecule has 1 rings (SSSR count). The first-order chi connectivity index (χ1) is 5.74. The van der Waals surface area contributed by atoms with E-state index >= 15 is 0 Å². The van der Waals surface area contributed by atoms with Gasteiger partial charge in [0.05, 0.1) is 6.61 Å². The number of benzene rings is 1. The monoisotopic (exact) mass is 230 g/mol. The largest absolute Gasteiger partial charge is 0.508 e. The first-order valence-corrected chi connectivity index (χ1v) is 4.58. The van der Waals surface area contributed by atoms with Crippen molar-refractivity contribution in [2.45, 2.75) is 13.5 Å². The van der Waals surface area contributed by atoms with Crippen LogP contribution in [0.4, 0.5) is 0 Å². The molecule has 0 unspecified atom stereocenters. The van der Waals surface area contributed by atoms with Gasteiger partial charge in [0.25, 0.3) is 0 Å². The quantitative estimate of drug-likeness (QED) is 0.866. The molecule has 0 amide bonds. The Bertz CT molecular complexity index is 261. The van der Waals surface area contributed by atoms with E-state index in [4.69, 9.17) is 4.74 Å². The average Bonchev–Trinajstić information content (AvgIpc) is 2.03. The van der Waals surface area contributed by atoms with Gasteiger partial charge in [-0.1, -0.05) is 22.0 Å². The highest BCUT2D eigenvalue weighted by atomic mass is 79.9. The van der Waals surface area contributed by atoms with Crippen LogP contribution in [0.2, 0.25) is 0 Å². The predicted molar refractivity (Wildman–Crippen MR) is 51.1 cm³/mol. The smallest absolute Gasteiger partial charge is 0.122 e. The highest BCUT2D eigenvalue weighted by Gasteiger charge is 2.00. The Morgan fingerprint density at radius 2 is 2.25 bits per heavy atom. The van der Waals surface area contributed by atoms with Crippen LogP contribution in [0, 0.1) is 0 Å². The van der Waals surface area contributed by atoms with E-state index in [-0.39, 0.29) is 5.75 Å². The number of phenols is 1. The molecule has 12 heavy (non-hydrogen) atoms. The number of hydrogen-bond donors (Lipinski definition) is 1. The first-order valence-electron chi connectivity index (χ1n) is 3.79. The Kier molecular flexibility index (Phi) is 3.56. The second kappa shape index (κ2) is 4.48. The van der Waals surface area contributed by atoms with Crippen LogP contribution < -0.4 is 0 Å². The van der Waals surface area contributed by atoms with Crippen molar-refractivity contribution >= 4 is 15.9 Å². The van der Waals surface area contributed by atoms with Crippen LogP contribution in [-0.4, -0.2) is 11.7 Å². The Balaban J connectivity index is 2.72. The summed E-state index contributed by atoms with van der Waals surface area (Å²) in [4.78, 5) is 0.